The molecule has 2 saturated carbocycles. The molecule has 2 fully saturated rings. The summed E-state index contributed by atoms with van der Waals surface area (Å²) in [7, 11) is 0. The maximum atomic E-state index is 9.51. The zero-order valence-electron chi connectivity index (χ0n) is 6.64. The predicted octanol–water partition coefficient (Wildman–Crippen LogP) is 1.95. The molecule has 3 unspecified atom stereocenters. The normalized spacial score (nSPS) is 53.4. The number of hydrogen-bond donors (Lipinski definition) is 1. The van der Waals surface area contributed by atoms with E-state index in [0.29, 0.717) is 11.3 Å². The van der Waals surface area contributed by atoms with Crippen molar-refractivity contribution in [2.24, 2.45) is 11.3 Å². The van der Waals surface area contributed by atoms with Gasteiger partial charge in [-0.05, 0) is 43.4 Å². The number of hydrogen-bond acceptors (Lipinski definition) is 1. The summed E-state index contributed by atoms with van der Waals surface area (Å²) in [5.74, 6) is 0.652. The van der Waals surface area contributed by atoms with E-state index in [9.17, 15) is 5.11 Å². The van der Waals surface area contributed by atoms with Crippen LogP contribution in [0.4, 0.5) is 0 Å². The highest BCUT2D eigenvalue weighted by atomic mass is 16.3. The Morgan fingerprint density at radius 3 is 2.70 bits per heavy atom. The van der Waals surface area contributed by atoms with Crippen molar-refractivity contribution in [3.63, 3.8) is 0 Å². The van der Waals surface area contributed by atoms with E-state index in [1.54, 1.807) is 0 Å². The van der Waals surface area contributed by atoms with Crippen molar-refractivity contribution in [3.05, 3.63) is 0 Å². The van der Waals surface area contributed by atoms with Crippen molar-refractivity contribution in [3.8, 4) is 0 Å². The summed E-state index contributed by atoms with van der Waals surface area (Å²) in [6, 6.07) is 0. The molecule has 0 spiro atoms. The first-order valence-electron chi connectivity index (χ1n) is 4.38. The van der Waals surface area contributed by atoms with Gasteiger partial charge in [0.1, 0.15) is 0 Å². The molecule has 1 nitrogen and oxygen atoms in total. The molecule has 2 rings (SSSR count). The number of fused-ring (bicyclic) bond motifs is 2. The highest BCUT2D eigenvalue weighted by molar-refractivity contribution is 4.93. The van der Waals surface area contributed by atoms with Crippen LogP contribution in [0.1, 0.15) is 39.0 Å². The molecule has 0 amide bonds. The van der Waals surface area contributed by atoms with Gasteiger partial charge in [-0.1, -0.05) is 6.92 Å². The number of rotatable bonds is 0. The van der Waals surface area contributed by atoms with E-state index in [-0.39, 0.29) is 6.10 Å². The summed E-state index contributed by atoms with van der Waals surface area (Å²) in [4.78, 5) is 0. The largest absolute Gasteiger partial charge is 0.393 e. The van der Waals surface area contributed by atoms with Crippen LogP contribution in [0.2, 0.25) is 0 Å². The molecule has 1 heteroatoms. The van der Waals surface area contributed by atoms with Crippen LogP contribution in [0.25, 0.3) is 0 Å². The third kappa shape index (κ3) is 0.878. The van der Waals surface area contributed by atoms with E-state index >= 15 is 0 Å². The molecule has 0 heterocycles. The molecule has 58 valence electrons. The Morgan fingerprint density at radius 1 is 1.30 bits per heavy atom. The molecule has 0 aliphatic heterocycles. The second-order valence-electron chi connectivity index (χ2n) is 4.42. The lowest BCUT2D eigenvalue weighted by Crippen LogP contribution is -2.27. The van der Waals surface area contributed by atoms with Crippen LogP contribution in [0.3, 0.4) is 0 Å². The van der Waals surface area contributed by atoms with Crippen molar-refractivity contribution < 1.29 is 5.11 Å². The van der Waals surface area contributed by atoms with Gasteiger partial charge in [0.15, 0.2) is 0 Å². The lowest BCUT2D eigenvalue weighted by molar-refractivity contribution is 0.0555. The Morgan fingerprint density at radius 2 is 2.00 bits per heavy atom. The Bertz CT molecular complexity index is 144. The molecule has 1 N–H and O–H groups in total. The van der Waals surface area contributed by atoms with Crippen molar-refractivity contribution in [1.82, 2.24) is 0 Å². The van der Waals surface area contributed by atoms with E-state index in [4.69, 9.17) is 0 Å². The van der Waals surface area contributed by atoms with Gasteiger partial charge >= 0.3 is 0 Å². The van der Waals surface area contributed by atoms with Gasteiger partial charge in [-0.2, -0.15) is 0 Å². The first-order valence-corrected chi connectivity index (χ1v) is 4.38. The minimum Gasteiger partial charge on any atom is -0.393 e. The maximum absolute atomic E-state index is 9.51. The average Bonchev–Trinajstić information content (AvgIpc) is 2.23. The summed E-state index contributed by atoms with van der Waals surface area (Å²) in [6.07, 6.45) is 6.27. The minimum atomic E-state index is 0.0376. The zero-order chi connectivity index (χ0) is 7.19. The fourth-order valence-corrected chi connectivity index (χ4v) is 2.66. The summed E-state index contributed by atoms with van der Waals surface area (Å²) in [5, 5.41) is 9.51. The molecule has 2 bridgehead atoms. The molecule has 3 atom stereocenters. The molecule has 0 aromatic heterocycles. The molecule has 0 aromatic rings. The fourth-order valence-electron chi connectivity index (χ4n) is 2.66. The van der Waals surface area contributed by atoms with E-state index in [2.05, 4.69) is 6.92 Å². The van der Waals surface area contributed by atoms with Gasteiger partial charge in [0.05, 0.1) is 6.10 Å². The SMILES string of the molecule is CC12CCC(O)C(CC1)C2. The van der Waals surface area contributed by atoms with Crippen LogP contribution in [-0.2, 0) is 0 Å². The summed E-state index contributed by atoms with van der Waals surface area (Å²) < 4.78 is 0. The number of aliphatic hydroxyl groups is 1. The third-order valence-corrected chi connectivity index (χ3v) is 3.46. The highest BCUT2D eigenvalue weighted by Gasteiger charge is 2.42. The Balaban J connectivity index is 2.12. The predicted molar refractivity (Wildman–Crippen MR) is 40.7 cm³/mol. The van der Waals surface area contributed by atoms with Gasteiger partial charge in [-0.15, -0.1) is 0 Å². The molecule has 0 saturated heterocycles. The van der Waals surface area contributed by atoms with Gasteiger partial charge < -0.3 is 5.11 Å². The van der Waals surface area contributed by atoms with Crippen LogP contribution >= 0.6 is 0 Å². The molecule has 2 aliphatic carbocycles. The van der Waals surface area contributed by atoms with Crippen molar-refractivity contribution in [1.29, 1.82) is 0 Å². The van der Waals surface area contributed by atoms with Gasteiger partial charge in [0, 0.05) is 0 Å². The van der Waals surface area contributed by atoms with E-state index in [0.717, 1.165) is 6.42 Å². The van der Waals surface area contributed by atoms with Gasteiger partial charge in [-0.25, -0.2) is 0 Å². The van der Waals surface area contributed by atoms with Crippen LogP contribution < -0.4 is 0 Å². The molecule has 2 aliphatic rings. The molecule has 10 heavy (non-hydrogen) atoms. The second kappa shape index (κ2) is 1.97. The summed E-state index contributed by atoms with van der Waals surface area (Å²) >= 11 is 0. The van der Waals surface area contributed by atoms with Crippen molar-refractivity contribution in [2.75, 3.05) is 0 Å². The van der Waals surface area contributed by atoms with Gasteiger partial charge in [-0.3, -0.25) is 0 Å². The maximum Gasteiger partial charge on any atom is 0.0568 e. The second-order valence-corrected chi connectivity index (χ2v) is 4.42. The highest BCUT2D eigenvalue weighted by Crippen LogP contribution is 2.50. The Hall–Kier alpha value is -0.0400. The monoisotopic (exact) mass is 140 g/mol. The average molecular weight is 140 g/mol. The Kier molecular flexibility index (Phi) is 1.31. The standard InChI is InChI=1S/C9H16O/c1-9-4-2-7(6-9)8(10)3-5-9/h7-8,10H,2-6H2,1H3. The fraction of sp³-hybridized carbons (Fsp3) is 1.00. The van der Waals surface area contributed by atoms with Crippen LogP contribution in [0.5, 0.6) is 0 Å². The minimum absolute atomic E-state index is 0.0376. The van der Waals surface area contributed by atoms with E-state index in [1.165, 1.54) is 25.7 Å². The van der Waals surface area contributed by atoms with Crippen LogP contribution in [-0.4, -0.2) is 11.2 Å². The molecule has 0 radical (unpaired) electrons. The summed E-state index contributed by atoms with van der Waals surface area (Å²) in [6.45, 7) is 2.37. The topological polar surface area (TPSA) is 20.2 Å². The summed E-state index contributed by atoms with van der Waals surface area (Å²) in [5.41, 5.74) is 0.615. The zero-order valence-corrected chi connectivity index (χ0v) is 6.64. The van der Waals surface area contributed by atoms with Gasteiger partial charge in [0.2, 0.25) is 0 Å². The molecular weight excluding hydrogens is 124 g/mol. The Labute approximate surface area is 62.4 Å². The molecule has 0 aromatic carbocycles. The lowest BCUT2D eigenvalue weighted by atomic mass is 9.76. The van der Waals surface area contributed by atoms with Crippen molar-refractivity contribution >= 4 is 0 Å². The van der Waals surface area contributed by atoms with Crippen LogP contribution in [0.15, 0.2) is 0 Å². The smallest absolute Gasteiger partial charge is 0.0568 e. The first-order chi connectivity index (χ1) is 4.70. The quantitative estimate of drug-likeness (QED) is 0.545. The number of aliphatic hydroxyl groups excluding tert-OH is 1. The molecular formula is C9H16O. The lowest BCUT2D eigenvalue weighted by Gasteiger charge is -2.31. The van der Waals surface area contributed by atoms with E-state index in [1.807, 2.05) is 0 Å². The van der Waals surface area contributed by atoms with Crippen molar-refractivity contribution in [2.45, 2.75) is 45.1 Å². The van der Waals surface area contributed by atoms with Gasteiger partial charge in [0.25, 0.3) is 0 Å². The van der Waals surface area contributed by atoms with E-state index < -0.39 is 0 Å². The van der Waals surface area contributed by atoms with Crippen LogP contribution in [0, 0.1) is 11.3 Å². The first kappa shape index (κ1) is 6.66. The third-order valence-electron chi connectivity index (χ3n) is 3.46.